The zero-order valence-electron chi connectivity index (χ0n) is 11.7. The molecule has 2 aromatic heterocycles. The van der Waals surface area contributed by atoms with Crippen LogP contribution in [-0.2, 0) is 0 Å². The van der Waals surface area contributed by atoms with Gasteiger partial charge in [0.1, 0.15) is 5.82 Å². The van der Waals surface area contributed by atoms with Crippen LogP contribution in [0.3, 0.4) is 0 Å². The zero-order valence-corrected chi connectivity index (χ0v) is 12.6. The number of pyridine rings is 1. The lowest BCUT2D eigenvalue weighted by Gasteiger charge is -2.34. The van der Waals surface area contributed by atoms with Crippen LogP contribution in [0.5, 0.6) is 0 Å². The van der Waals surface area contributed by atoms with Crippen LogP contribution in [0.1, 0.15) is 6.92 Å². The van der Waals surface area contributed by atoms with Crippen molar-refractivity contribution in [2.24, 2.45) is 0 Å². The second-order valence-corrected chi connectivity index (χ2v) is 5.88. The molecule has 0 spiro atoms. The van der Waals surface area contributed by atoms with Crippen LogP contribution in [0.15, 0.2) is 35.8 Å². The van der Waals surface area contributed by atoms with Crippen LogP contribution < -0.4 is 10.2 Å². The summed E-state index contributed by atoms with van der Waals surface area (Å²) in [5.74, 6) is 1.08. The van der Waals surface area contributed by atoms with Crippen molar-refractivity contribution in [2.45, 2.75) is 6.92 Å². The lowest BCUT2D eigenvalue weighted by atomic mass is 10.3. The van der Waals surface area contributed by atoms with Gasteiger partial charge in [0.15, 0.2) is 0 Å². The average molecular weight is 288 g/mol. The molecule has 0 amide bonds. The predicted octanol–water partition coefficient (Wildman–Crippen LogP) is 3.03. The Balaban J connectivity index is 1.61. The molecule has 0 saturated carbocycles. The number of piperazine rings is 1. The van der Waals surface area contributed by atoms with Gasteiger partial charge in [0.05, 0.1) is 16.9 Å². The highest BCUT2D eigenvalue weighted by Gasteiger charge is 2.16. The molecule has 0 aliphatic carbocycles. The molecule has 2 aromatic rings. The number of aromatic nitrogens is 1. The van der Waals surface area contributed by atoms with E-state index in [1.165, 1.54) is 0 Å². The molecule has 0 radical (unpaired) electrons. The number of rotatable bonds is 4. The fourth-order valence-corrected chi connectivity index (χ4v) is 3.07. The third-order valence-electron chi connectivity index (χ3n) is 3.68. The van der Waals surface area contributed by atoms with Gasteiger partial charge in [-0.2, -0.15) is 0 Å². The van der Waals surface area contributed by atoms with Gasteiger partial charge in [-0.05, 0) is 36.2 Å². The van der Waals surface area contributed by atoms with Crippen molar-refractivity contribution in [2.75, 3.05) is 42.9 Å². The minimum atomic E-state index is 1.04. The first-order valence-corrected chi connectivity index (χ1v) is 7.97. The second kappa shape index (κ2) is 6.24. The summed E-state index contributed by atoms with van der Waals surface area (Å²) in [5.41, 5.74) is 1.04. The topological polar surface area (TPSA) is 31.4 Å². The van der Waals surface area contributed by atoms with Crippen LogP contribution in [0, 0.1) is 0 Å². The van der Waals surface area contributed by atoms with Crippen LogP contribution in [0.4, 0.5) is 16.5 Å². The Morgan fingerprint density at radius 1 is 1.20 bits per heavy atom. The van der Waals surface area contributed by atoms with Crippen LogP contribution in [-0.4, -0.2) is 42.6 Å². The molecule has 1 aliphatic rings. The Kier molecular flexibility index (Phi) is 4.18. The minimum Gasteiger partial charge on any atom is -0.354 e. The molecule has 3 rings (SSSR count). The summed E-state index contributed by atoms with van der Waals surface area (Å²) in [5, 5.41) is 6.58. The lowest BCUT2D eigenvalue weighted by molar-refractivity contribution is 0.270. The van der Waals surface area contributed by atoms with Crippen LogP contribution >= 0.6 is 11.3 Å². The van der Waals surface area contributed by atoms with E-state index in [1.54, 1.807) is 11.3 Å². The number of anilines is 3. The van der Waals surface area contributed by atoms with Gasteiger partial charge in [0.2, 0.25) is 0 Å². The number of likely N-dealkylation sites (N-methyl/N-ethyl adjacent to an activating group) is 1. The Bertz CT molecular complexity index is 515. The van der Waals surface area contributed by atoms with Crippen molar-refractivity contribution in [3.05, 3.63) is 35.8 Å². The van der Waals surface area contributed by atoms with Crippen LogP contribution in [0.2, 0.25) is 0 Å². The van der Waals surface area contributed by atoms with Gasteiger partial charge in [-0.25, -0.2) is 4.98 Å². The van der Waals surface area contributed by atoms with Gasteiger partial charge in [0, 0.05) is 26.2 Å². The highest BCUT2D eigenvalue weighted by molar-refractivity contribution is 7.14. The summed E-state index contributed by atoms with van der Waals surface area (Å²) in [4.78, 5) is 9.42. The molecule has 0 atom stereocenters. The smallest absolute Gasteiger partial charge is 0.128 e. The van der Waals surface area contributed by atoms with Gasteiger partial charge >= 0.3 is 0 Å². The molecule has 106 valence electrons. The first kappa shape index (κ1) is 13.4. The highest BCUT2D eigenvalue weighted by atomic mass is 32.1. The monoisotopic (exact) mass is 288 g/mol. The van der Waals surface area contributed by atoms with Gasteiger partial charge in [-0.3, -0.25) is 0 Å². The largest absolute Gasteiger partial charge is 0.354 e. The summed E-state index contributed by atoms with van der Waals surface area (Å²) in [6.07, 6.45) is 1.92. The van der Waals surface area contributed by atoms with E-state index in [4.69, 9.17) is 0 Å². The van der Waals surface area contributed by atoms with Crippen molar-refractivity contribution in [1.29, 1.82) is 0 Å². The van der Waals surface area contributed by atoms with Crippen molar-refractivity contribution in [3.8, 4) is 0 Å². The Morgan fingerprint density at radius 2 is 2.05 bits per heavy atom. The van der Waals surface area contributed by atoms with E-state index in [1.807, 2.05) is 12.3 Å². The number of hydrogen-bond donors (Lipinski definition) is 1. The van der Waals surface area contributed by atoms with Crippen molar-refractivity contribution in [1.82, 2.24) is 9.88 Å². The van der Waals surface area contributed by atoms with Gasteiger partial charge in [-0.15, -0.1) is 11.3 Å². The fourth-order valence-electron chi connectivity index (χ4n) is 2.43. The van der Waals surface area contributed by atoms with Gasteiger partial charge < -0.3 is 15.1 Å². The molecule has 1 aliphatic heterocycles. The Morgan fingerprint density at radius 3 is 2.65 bits per heavy atom. The number of nitrogens with one attached hydrogen (secondary N) is 1. The van der Waals surface area contributed by atoms with Crippen LogP contribution in [0.25, 0.3) is 0 Å². The number of nitrogens with zero attached hydrogens (tertiary/aromatic N) is 3. The van der Waals surface area contributed by atoms with Gasteiger partial charge in [-0.1, -0.05) is 6.92 Å². The maximum Gasteiger partial charge on any atom is 0.128 e. The first-order chi connectivity index (χ1) is 9.85. The summed E-state index contributed by atoms with van der Waals surface area (Å²) < 4.78 is 0. The first-order valence-electron chi connectivity index (χ1n) is 7.09. The third-order valence-corrected chi connectivity index (χ3v) is 4.47. The van der Waals surface area contributed by atoms with E-state index >= 15 is 0 Å². The normalized spacial score (nSPS) is 16.4. The second-order valence-electron chi connectivity index (χ2n) is 4.93. The Hall–Kier alpha value is -1.59. The van der Waals surface area contributed by atoms with Crippen molar-refractivity contribution < 1.29 is 0 Å². The van der Waals surface area contributed by atoms with Crippen molar-refractivity contribution >= 4 is 27.8 Å². The van der Waals surface area contributed by atoms with E-state index in [-0.39, 0.29) is 0 Å². The molecule has 0 aromatic carbocycles. The molecule has 3 heterocycles. The van der Waals surface area contributed by atoms with E-state index in [0.717, 1.165) is 49.2 Å². The molecule has 0 unspecified atom stereocenters. The van der Waals surface area contributed by atoms with Crippen molar-refractivity contribution in [3.63, 3.8) is 0 Å². The summed E-state index contributed by atoms with van der Waals surface area (Å²) in [6, 6.07) is 8.33. The SMILES string of the molecule is CCN1CCN(c2ccc(Nc3cccs3)cn2)CC1. The van der Waals surface area contributed by atoms with E-state index < -0.39 is 0 Å². The van der Waals surface area contributed by atoms with Gasteiger partial charge in [0.25, 0.3) is 0 Å². The molecule has 4 nitrogen and oxygen atoms in total. The lowest BCUT2D eigenvalue weighted by Crippen LogP contribution is -2.46. The maximum atomic E-state index is 4.58. The predicted molar refractivity (Wildman–Crippen MR) is 86.2 cm³/mol. The molecular formula is C15H20N4S. The molecule has 1 fully saturated rings. The minimum absolute atomic E-state index is 1.04. The van der Waals surface area contributed by atoms with E-state index in [2.05, 4.69) is 50.6 Å². The average Bonchev–Trinajstić information content (AvgIpc) is 3.01. The highest BCUT2D eigenvalue weighted by Crippen LogP contribution is 2.22. The molecule has 1 N–H and O–H groups in total. The Labute approximate surface area is 124 Å². The summed E-state index contributed by atoms with van der Waals surface area (Å²) in [6.45, 7) is 7.77. The number of hydrogen-bond acceptors (Lipinski definition) is 5. The third kappa shape index (κ3) is 3.11. The molecule has 20 heavy (non-hydrogen) atoms. The van der Waals surface area contributed by atoms with E-state index in [9.17, 15) is 0 Å². The maximum absolute atomic E-state index is 4.58. The number of thiophene rings is 1. The zero-order chi connectivity index (χ0) is 13.8. The summed E-state index contributed by atoms with van der Waals surface area (Å²) >= 11 is 1.70. The molecular weight excluding hydrogens is 268 g/mol. The molecule has 1 saturated heterocycles. The quantitative estimate of drug-likeness (QED) is 0.937. The summed E-state index contributed by atoms with van der Waals surface area (Å²) in [7, 11) is 0. The molecule has 0 bridgehead atoms. The molecule has 5 heteroatoms. The standard InChI is InChI=1S/C15H20N4S/c1-2-18-7-9-19(10-8-18)14-6-5-13(12-16-14)17-15-4-3-11-20-15/h3-6,11-12,17H,2,7-10H2,1H3. The van der Waals surface area contributed by atoms with E-state index in [0.29, 0.717) is 0 Å². The fraction of sp³-hybridized carbons (Fsp3) is 0.400.